The van der Waals surface area contributed by atoms with Gasteiger partial charge in [-0.2, -0.15) is 0 Å². The molecule has 3 aliphatic rings. The topological polar surface area (TPSA) is 487 Å². The highest BCUT2D eigenvalue weighted by molar-refractivity contribution is 5.97. The van der Waals surface area contributed by atoms with Crippen molar-refractivity contribution >= 4 is 35.7 Å². The molecule has 28 heteroatoms. The molecule has 18 N–H and O–H groups in total. The summed E-state index contributed by atoms with van der Waals surface area (Å²) < 4.78 is 22.3. The molecule has 0 heterocycles. The molecule has 0 radical (unpaired) electrons. The predicted molar refractivity (Wildman–Crippen MR) is 345 cm³/mol. The van der Waals surface area contributed by atoms with E-state index < -0.39 is 118 Å². The molecule has 1 fully saturated rings. The van der Waals surface area contributed by atoms with Crippen LogP contribution in [0, 0.1) is 20.8 Å². The van der Waals surface area contributed by atoms with Crippen LogP contribution in [0.4, 0.5) is 0 Å². The van der Waals surface area contributed by atoms with E-state index in [4.69, 9.17) is 18.9 Å². The number of esters is 4. The van der Waals surface area contributed by atoms with Crippen LogP contribution in [-0.2, 0) is 44.6 Å². The average Bonchev–Trinajstić information content (AvgIpc) is 0.763. The molecule has 3 aliphatic carbocycles. The van der Waals surface area contributed by atoms with E-state index in [1.165, 1.54) is 57.2 Å². The normalized spacial score (nSPS) is 17.4. The average molecular weight is 1370 g/mol. The third-order valence-electron chi connectivity index (χ3n) is 17.0. The molecule has 0 aromatic heterocycles. The Hall–Kier alpha value is -12.6. The fraction of sp³-hybridized carbons (Fsp3) is 0.239. The second-order valence-corrected chi connectivity index (χ2v) is 23.8. The van der Waals surface area contributed by atoms with Crippen LogP contribution in [0.5, 0.6) is 92.0 Å². The number of hydrogen-bond acceptors (Lipinski definition) is 26. The fourth-order valence-corrected chi connectivity index (χ4v) is 11.2. The number of benzene rings is 8. The summed E-state index contributed by atoms with van der Waals surface area (Å²) in [5.41, 5.74) is 3.32. The van der Waals surface area contributed by atoms with Crippen molar-refractivity contribution in [3.8, 4) is 92.0 Å². The summed E-state index contributed by atoms with van der Waals surface area (Å²) in [6.45, 7) is 4.49. The zero-order valence-electron chi connectivity index (χ0n) is 52.8. The van der Waals surface area contributed by atoms with E-state index in [0.29, 0.717) is 18.4 Å². The number of carbonyl (C=O) groups excluding carboxylic acids is 6. The lowest BCUT2D eigenvalue weighted by atomic mass is 9.87. The Labute approximate surface area is 561 Å². The molecule has 0 spiro atoms. The van der Waals surface area contributed by atoms with Crippen molar-refractivity contribution in [1.82, 2.24) is 10.6 Å². The second kappa shape index (κ2) is 29.6. The van der Waals surface area contributed by atoms with Crippen molar-refractivity contribution in [2.45, 2.75) is 109 Å². The fourth-order valence-electron chi connectivity index (χ4n) is 11.2. The maximum absolute atomic E-state index is 12.8. The van der Waals surface area contributed by atoms with E-state index in [-0.39, 0.29) is 122 Å². The number of nitrogens with one attached hydrogen (secondary N) is 2. The summed E-state index contributed by atoms with van der Waals surface area (Å²) in [4.78, 5) is 76.3. The van der Waals surface area contributed by atoms with Gasteiger partial charge in [0.05, 0.1) is 22.3 Å². The SMILES string of the molecule is Cc1c(O)cc(C(=O)N[C@H]2CCCC[C@@H]2NC(=O)c2cc(O)c(O)c(O)c2)cc1O.Cc1c(O)cc(C(=O)O[C@H]2Cc3cc(O)ccc3C[C@H]2OC(=O)c2cc(O)c(O)c(O)c2)cc1O.Cc1c(O)cc(C(=O)O[C@H]2Cc3ccccc3C[C@H]2OC(=O)c2cc(O)c(O)c(O)c2)cc1O. The molecule has 28 nitrogen and oxygen atoms in total. The van der Waals surface area contributed by atoms with Gasteiger partial charge in [-0.05, 0) is 141 Å². The van der Waals surface area contributed by atoms with Crippen LogP contribution in [-0.4, -0.2) is 154 Å². The summed E-state index contributed by atoms with van der Waals surface area (Å²) in [6, 6.07) is 24.2. The molecule has 0 unspecified atom stereocenters. The van der Waals surface area contributed by atoms with Crippen LogP contribution in [0.15, 0.2) is 115 Å². The van der Waals surface area contributed by atoms with Crippen molar-refractivity contribution in [2.24, 2.45) is 0 Å². The Morgan fingerprint density at radius 3 is 0.848 bits per heavy atom. The summed E-state index contributed by atoms with van der Waals surface area (Å²) in [6.07, 6.45) is -0.186. The highest BCUT2D eigenvalue weighted by Gasteiger charge is 2.38. The van der Waals surface area contributed by atoms with Gasteiger partial charge in [-0.1, -0.05) is 43.2 Å². The first-order valence-corrected chi connectivity index (χ1v) is 30.5. The van der Waals surface area contributed by atoms with Gasteiger partial charge >= 0.3 is 23.9 Å². The van der Waals surface area contributed by atoms with Gasteiger partial charge in [0.1, 0.15) is 64.7 Å². The van der Waals surface area contributed by atoms with Crippen molar-refractivity contribution in [3.05, 3.63) is 188 Å². The zero-order chi connectivity index (χ0) is 72.0. The highest BCUT2D eigenvalue weighted by Crippen LogP contribution is 2.40. The molecular weight excluding hydrogens is 1300 g/mol. The minimum Gasteiger partial charge on any atom is -0.508 e. The van der Waals surface area contributed by atoms with Crippen molar-refractivity contribution in [2.75, 3.05) is 0 Å². The number of aromatic hydroxyl groups is 16. The Bertz CT molecular complexity index is 4170. The first kappa shape index (κ1) is 70.7. The number of phenolic OH excluding ortho intramolecular Hbond substituents is 16. The van der Waals surface area contributed by atoms with Crippen molar-refractivity contribution in [1.29, 1.82) is 0 Å². The minimum atomic E-state index is -1.01. The van der Waals surface area contributed by atoms with Crippen molar-refractivity contribution in [3.63, 3.8) is 0 Å². The smallest absolute Gasteiger partial charge is 0.338 e. The van der Waals surface area contributed by atoms with E-state index in [0.717, 1.165) is 78.1 Å². The van der Waals surface area contributed by atoms with Gasteiger partial charge in [-0.15, -0.1) is 0 Å². The van der Waals surface area contributed by atoms with Gasteiger partial charge in [0, 0.05) is 65.6 Å². The Balaban J connectivity index is 0.000000174. The van der Waals surface area contributed by atoms with E-state index >= 15 is 0 Å². The van der Waals surface area contributed by atoms with E-state index in [9.17, 15) is 110 Å². The summed E-state index contributed by atoms with van der Waals surface area (Å²) >= 11 is 0. The molecule has 2 amide bonds. The van der Waals surface area contributed by atoms with Gasteiger partial charge in [0.15, 0.2) is 51.7 Å². The van der Waals surface area contributed by atoms with E-state index in [1.807, 2.05) is 24.3 Å². The van der Waals surface area contributed by atoms with Gasteiger partial charge in [0.2, 0.25) is 0 Å². The molecule has 0 bridgehead atoms. The van der Waals surface area contributed by atoms with Crippen LogP contribution >= 0.6 is 0 Å². The van der Waals surface area contributed by atoms with Crippen LogP contribution in [0.1, 0.15) is 127 Å². The molecule has 8 aromatic carbocycles. The highest BCUT2D eigenvalue weighted by atomic mass is 16.6. The molecule has 6 atom stereocenters. The predicted octanol–water partition coefficient (Wildman–Crippen LogP) is 7.85. The number of fused-ring (bicyclic) bond motifs is 2. The molecule has 0 saturated heterocycles. The molecule has 0 aliphatic heterocycles. The second-order valence-electron chi connectivity index (χ2n) is 23.8. The number of ether oxygens (including phenoxy) is 4. The van der Waals surface area contributed by atoms with E-state index in [1.54, 1.807) is 6.07 Å². The first-order valence-electron chi connectivity index (χ1n) is 30.5. The van der Waals surface area contributed by atoms with Crippen molar-refractivity contribution < 1.29 is 129 Å². The zero-order valence-corrected chi connectivity index (χ0v) is 52.8. The van der Waals surface area contributed by atoms with Crippen LogP contribution in [0.2, 0.25) is 0 Å². The summed E-state index contributed by atoms with van der Waals surface area (Å²) in [5, 5.41) is 161. The van der Waals surface area contributed by atoms with E-state index in [2.05, 4.69) is 10.6 Å². The quantitative estimate of drug-likeness (QED) is 0.0314. The third kappa shape index (κ3) is 16.4. The number of amides is 2. The first-order chi connectivity index (χ1) is 46.8. The maximum atomic E-state index is 12.8. The minimum absolute atomic E-state index is 0.00712. The number of hydrogen-bond donors (Lipinski definition) is 18. The number of rotatable bonds is 12. The molecule has 99 heavy (non-hydrogen) atoms. The third-order valence-corrected chi connectivity index (χ3v) is 17.0. The largest absolute Gasteiger partial charge is 0.508 e. The molecule has 8 aromatic rings. The number of carbonyl (C=O) groups is 6. The lowest BCUT2D eigenvalue weighted by molar-refractivity contribution is -0.0390. The molecule has 11 rings (SSSR count). The Morgan fingerprint density at radius 2 is 0.556 bits per heavy atom. The van der Waals surface area contributed by atoms with Gasteiger partial charge in [-0.3, -0.25) is 9.59 Å². The summed E-state index contributed by atoms with van der Waals surface area (Å²) in [7, 11) is 0. The molecule has 1 saturated carbocycles. The van der Waals surface area contributed by atoms with Gasteiger partial charge < -0.3 is 111 Å². The lowest BCUT2D eigenvalue weighted by Crippen LogP contribution is -2.53. The van der Waals surface area contributed by atoms with Crippen LogP contribution < -0.4 is 10.6 Å². The maximum Gasteiger partial charge on any atom is 0.338 e. The standard InChI is InChI=1S/C25H22O10.C25H22O9.C21H24N2O7/c1-11-17(27)5-14(6-18(11)28)24(32)35-22-10-13-4-16(26)3-2-12(13)9-21(22)34-25(33)15-7-19(29)23(31)20(30)8-15;1-12-17(26)6-15(7-18(12)27)24(31)33-21-10-13-4-2-3-5-14(13)11-22(21)34-25(32)16-8-19(28)23(30)20(29)9-16;1-10-15(24)6-11(7-16(10)25)20(29)22-13-4-2-3-5-14(13)23-21(30)12-8-17(26)19(28)18(27)9-12/h2-8,21-22,26-31H,9-10H2,1H3;2-9,21-22,26-30H,10-11H2,1H3;6-9,13-14,24-28H,2-5H2,1H3,(H,22,29)(H,23,30)/t2*21-,22+;13-,14-/m100/s1. The Morgan fingerprint density at radius 1 is 0.313 bits per heavy atom. The van der Waals surface area contributed by atoms with Gasteiger partial charge in [0.25, 0.3) is 11.8 Å². The van der Waals surface area contributed by atoms with Crippen LogP contribution in [0.3, 0.4) is 0 Å². The summed E-state index contributed by atoms with van der Waals surface area (Å²) in [5.74, 6) is -12.5. The van der Waals surface area contributed by atoms with Gasteiger partial charge in [-0.25, -0.2) is 19.2 Å². The molecule has 518 valence electrons. The Kier molecular flexibility index (Phi) is 21.1. The molecular formula is C71H68N2O26. The van der Waals surface area contributed by atoms with Crippen LogP contribution in [0.25, 0.3) is 0 Å². The number of phenols is 16. The monoisotopic (exact) mass is 1360 g/mol. The lowest BCUT2D eigenvalue weighted by Gasteiger charge is -2.33.